The lowest BCUT2D eigenvalue weighted by Gasteiger charge is -2.40. The summed E-state index contributed by atoms with van der Waals surface area (Å²) in [6.45, 7) is 21.2. The van der Waals surface area contributed by atoms with Crippen LogP contribution in [0.25, 0.3) is 72.1 Å². The Kier molecular flexibility index (Phi) is 12.4. The van der Waals surface area contributed by atoms with E-state index in [1.165, 1.54) is 27.8 Å². The Labute approximate surface area is 538 Å². The summed E-state index contributed by atoms with van der Waals surface area (Å²) in [7, 11) is 0. The minimum atomic E-state index is -1.68. The summed E-state index contributed by atoms with van der Waals surface area (Å²) in [5, 5.41) is 2.28. The van der Waals surface area contributed by atoms with Crippen molar-refractivity contribution in [2.24, 2.45) is 0 Å². The van der Waals surface area contributed by atoms with E-state index in [2.05, 4.69) is 307 Å². The van der Waals surface area contributed by atoms with Crippen LogP contribution >= 0.6 is 0 Å². The van der Waals surface area contributed by atoms with E-state index in [1.807, 2.05) is 30.5 Å². The van der Waals surface area contributed by atoms with Gasteiger partial charge in [0.25, 0.3) is 0 Å². The number of hydrogen-bond donors (Lipinski definition) is 0. The molecule has 91 heavy (non-hydrogen) atoms. The van der Waals surface area contributed by atoms with Gasteiger partial charge in [0.2, 0.25) is 0 Å². The van der Waals surface area contributed by atoms with E-state index >= 15 is 0 Å². The third-order valence-corrected chi connectivity index (χ3v) is 19.4. The summed E-state index contributed by atoms with van der Waals surface area (Å²) in [6, 6.07) is 91.9. The molecule has 2 aromatic heterocycles. The summed E-state index contributed by atoms with van der Waals surface area (Å²) in [5.41, 5.74) is 24.2. The van der Waals surface area contributed by atoms with Gasteiger partial charge in [0, 0.05) is 54.2 Å². The van der Waals surface area contributed by atoms with Crippen molar-refractivity contribution in [2.45, 2.75) is 90.3 Å². The normalized spacial score (nSPS) is 14.8. The standard InChI is InChI=1S/C86H74N4O/c1-83(2,3)61-26-20-25-55(46-61)59-40-44-81(87-53-59)90-77-36-17-13-30-70(77)71-42-41-66(52-80(71)90)91-65-28-21-27-64(51-65)88-54-89(79-38-19-18-37-78(79)88)82-67(31-22-32-68(82)60-47-62(84(4,5)6)50-63(48-60)85(7,8)9)56-39-43-76-72(49-56)69-29-12-16-35-75(69)86(76)73-33-14-10-23-57(73)45-58-24-11-15-34-74(58)86/h10-44,46-53H,45,54H2,1-9H3/i45D2. The quantitative estimate of drug-likeness (QED) is 0.152. The molecule has 5 heteroatoms. The maximum Gasteiger partial charge on any atom is 0.137 e. The van der Waals surface area contributed by atoms with Crippen LogP contribution in [0.2, 0.25) is 0 Å². The summed E-state index contributed by atoms with van der Waals surface area (Å²) in [6.07, 6.45) is 0.317. The highest BCUT2D eigenvalue weighted by molar-refractivity contribution is 6.09. The van der Waals surface area contributed by atoms with Crippen LogP contribution in [0.1, 0.15) is 115 Å². The molecule has 0 radical (unpaired) electrons. The lowest BCUT2D eigenvalue weighted by atomic mass is 9.61. The van der Waals surface area contributed by atoms with Crippen molar-refractivity contribution in [1.29, 1.82) is 0 Å². The van der Waals surface area contributed by atoms with Crippen LogP contribution in [0, 0.1) is 0 Å². The number of ether oxygens (including phenoxy) is 1. The fourth-order valence-electron chi connectivity index (χ4n) is 14.7. The third kappa shape index (κ3) is 9.22. The van der Waals surface area contributed by atoms with E-state index in [9.17, 15) is 2.74 Å². The lowest BCUT2D eigenvalue weighted by Crippen LogP contribution is -2.34. The summed E-state index contributed by atoms with van der Waals surface area (Å²) in [4.78, 5) is 10.1. The maximum atomic E-state index is 9.68. The molecule has 0 amide bonds. The molecular weight excluding hydrogens is 1100 g/mol. The number of aromatic nitrogens is 2. The van der Waals surface area contributed by atoms with Gasteiger partial charge in [0.05, 0.1) is 33.5 Å². The zero-order valence-electron chi connectivity index (χ0n) is 55.2. The molecule has 0 atom stereocenters. The van der Waals surface area contributed by atoms with E-state index in [4.69, 9.17) is 9.72 Å². The fourth-order valence-corrected chi connectivity index (χ4v) is 14.7. The van der Waals surface area contributed by atoms with Crippen LogP contribution < -0.4 is 14.5 Å². The number of benzene rings is 11. The van der Waals surface area contributed by atoms with Gasteiger partial charge in [0.15, 0.2) is 0 Å². The molecule has 1 spiro atoms. The van der Waals surface area contributed by atoms with Crippen molar-refractivity contribution in [3.63, 3.8) is 0 Å². The second-order valence-electron chi connectivity index (χ2n) is 28.1. The predicted octanol–water partition coefficient (Wildman–Crippen LogP) is 22.4. The molecule has 0 fully saturated rings. The molecule has 0 saturated heterocycles. The van der Waals surface area contributed by atoms with Crippen LogP contribution in [-0.4, -0.2) is 16.2 Å². The van der Waals surface area contributed by atoms with Crippen molar-refractivity contribution < 1.29 is 7.48 Å². The largest absolute Gasteiger partial charge is 0.457 e. The van der Waals surface area contributed by atoms with Gasteiger partial charge in [-0.05, 0) is 161 Å². The fraction of sp³-hybridized carbons (Fsp3) is 0.174. The van der Waals surface area contributed by atoms with Gasteiger partial charge >= 0.3 is 0 Å². The number of nitrogens with zero attached hydrogens (tertiary/aromatic N) is 4. The van der Waals surface area contributed by atoms with Gasteiger partial charge in [-0.15, -0.1) is 0 Å². The number of fused-ring (bicyclic) bond motifs is 13. The average molecular weight is 1180 g/mol. The van der Waals surface area contributed by atoms with Crippen molar-refractivity contribution in [3.8, 4) is 61.8 Å². The molecular formula is C86H74N4O. The van der Waals surface area contributed by atoms with Crippen molar-refractivity contribution in [2.75, 3.05) is 16.5 Å². The van der Waals surface area contributed by atoms with Gasteiger partial charge < -0.3 is 14.5 Å². The van der Waals surface area contributed by atoms with Crippen LogP contribution in [-0.2, 0) is 28.0 Å². The second kappa shape index (κ2) is 20.9. The maximum absolute atomic E-state index is 9.68. The van der Waals surface area contributed by atoms with Crippen LogP contribution in [0.5, 0.6) is 11.5 Å². The smallest absolute Gasteiger partial charge is 0.137 e. The molecule has 1 aliphatic heterocycles. The van der Waals surface area contributed by atoms with Crippen molar-refractivity contribution in [3.05, 3.63) is 311 Å². The molecule has 5 nitrogen and oxygen atoms in total. The van der Waals surface area contributed by atoms with E-state index in [0.717, 1.165) is 118 Å². The zero-order chi connectivity index (χ0) is 63.9. The first kappa shape index (κ1) is 53.8. The Balaban J connectivity index is 0.810. The second-order valence-corrected chi connectivity index (χ2v) is 28.1. The highest BCUT2D eigenvalue weighted by Crippen LogP contribution is 2.61. The first-order chi connectivity index (χ1) is 44.7. The molecule has 3 heterocycles. The van der Waals surface area contributed by atoms with Gasteiger partial charge in [-0.2, -0.15) is 0 Å². The minimum Gasteiger partial charge on any atom is -0.457 e. The van der Waals surface area contributed by atoms with Gasteiger partial charge in [0.1, 0.15) is 24.0 Å². The SMILES string of the molecule is [2H]C1([2H])c2ccccc2C2(c3ccccc3-c3cc(-c4cccc(-c5cc(C(C)(C)C)cc(C(C)(C)C)c5)c4N4CN(c5cccc(Oc6ccc7c8ccccc8n(-c8ccc(-c9cccc(C(C)(C)C)c9)cn8)c7c6)c5)c5ccccc54)ccc32)c2ccccc21. The van der Waals surface area contributed by atoms with Crippen molar-refractivity contribution in [1.82, 2.24) is 9.55 Å². The number of para-hydroxylation sites is 4. The molecule has 13 aromatic rings. The molecule has 0 bridgehead atoms. The highest BCUT2D eigenvalue weighted by Gasteiger charge is 2.50. The van der Waals surface area contributed by atoms with Gasteiger partial charge in [-0.1, -0.05) is 244 Å². The Bertz CT molecular complexity index is 5090. The van der Waals surface area contributed by atoms with E-state index < -0.39 is 11.8 Å². The molecule has 444 valence electrons. The molecule has 0 saturated carbocycles. The highest BCUT2D eigenvalue weighted by atomic mass is 16.5. The Morgan fingerprint density at radius 3 is 1.68 bits per heavy atom. The van der Waals surface area contributed by atoms with E-state index in [1.54, 1.807) is 0 Å². The van der Waals surface area contributed by atoms with Crippen LogP contribution in [0.4, 0.5) is 22.7 Å². The van der Waals surface area contributed by atoms with Crippen LogP contribution in [0.15, 0.2) is 261 Å². The summed E-state index contributed by atoms with van der Waals surface area (Å²) in [5.74, 6) is 2.30. The number of hydrogen-bond acceptors (Lipinski definition) is 4. The number of rotatable bonds is 8. The average Bonchev–Trinajstić information content (AvgIpc) is 1.59. The van der Waals surface area contributed by atoms with Crippen LogP contribution in [0.3, 0.4) is 0 Å². The van der Waals surface area contributed by atoms with E-state index in [0.29, 0.717) is 17.8 Å². The van der Waals surface area contributed by atoms with Crippen molar-refractivity contribution >= 4 is 44.6 Å². The van der Waals surface area contributed by atoms with Gasteiger partial charge in [-0.3, -0.25) is 4.57 Å². The molecule has 11 aromatic carbocycles. The number of anilines is 4. The number of pyridine rings is 1. The molecule has 2 aliphatic carbocycles. The molecule has 16 rings (SSSR count). The first-order valence-corrected chi connectivity index (χ1v) is 32.0. The van der Waals surface area contributed by atoms with Gasteiger partial charge in [-0.25, -0.2) is 4.98 Å². The third-order valence-electron chi connectivity index (χ3n) is 19.4. The summed E-state index contributed by atoms with van der Waals surface area (Å²) >= 11 is 0. The summed E-state index contributed by atoms with van der Waals surface area (Å²) < 4.78 is 28.6. The topological polar surface area (TPSA) is 33.5 Å². The van der Waals surface area contributed by atoms with E-state index in [-0.39, 0.29) is 16.2 Å². The zero-order valence-corrected chi connectivity index (χ0v) is 53.2. The minimum absolute atomic E-state index is 0.0390. The first-order valence-electron chi connectivity index (χ1n) is 33.0. The molecule has 3 aliphatic rings. The Hall–Kier alpha value is -10.2. The molecule has 0 N–H and O–H groups in total. The lowest BCUT2D eigenvalue weighted by molar-refractivity contribution is 0.483. The predicted molar refractivity (Wildman–Crippen MR) is 380 cm³/mol. The monoisotopic (exact) mass is 1180 g/mol. The Morgan fingerprint density at radius 2 is 0.967 bits per heavy atom. The Morgan fingerprint density at radius 1 is 0.396 bits per heavy atom. The molecule has 0 unspecified atom stereocenters.